The first-order valence-corrected chi connectivity index (χ1v) is 7.85. The minimum absolute atomic E-state index is 0.0501. The van der Waals surface area contributed by atoms with E-state index in [2.05, 4.69) is 21.2 Å². The molecule has 2 rings (SSSR count). The summed E-state index contributed by atoms with van der Waals surface area (Å²) < 4.78 is 0. The van der Waals surface area contributed by atoms with E-state index >= 15 is 0 Å². The fraction of sp³-hybridized carbons (Fsp3) is 0.533. The molecule has 0 aromatic heterocycles. The Morgan fingerprint density at radius 1 is 1.22 bits per heavy atom. The van der Waals surface area contributed by atoms with Gasteiger partial charge < -0.3 is 5.32 Å². The SMILES string of the molecule is O=C(NCCC1CCCC1)c1ccc(CBr)cc1. The first kappa shape index (κ1) is 13.6. The first-order chi connectivity index (χ1) is 8.79. The minimum atomic E-state index is 0.0501. The molecular weight excluding hydrogens is 290 g/mol. The molecule has 1 N–H and O–H groups in total. The molecule has 18 heavy (non-hydrogen) atoms. The van der Waals surface area contributed by atoms with Crippen LogP contribution in [-0.4, -0.2) is 12.5 Å². The largest absolute Gasteiger partial charge is 0.352 e. The van der Waals surface area contributed by atoms with Gasteiger partial charge >= 0.3 is 0 Å². The van der Waals surface area contributed by atoms with Gasteiger partial charge in [0, 0.05) is 17.4 Å². The summed E-state index contributed by atoms with van der Waals surface area (Å²) in [7, 11) is 0. The molecule has 0 atom stereocenters. The smallest absolute Gasteiger partial charge is 0.251 e. The predicted molar refractivity (Wildman–Crippen MR) is 78.0 cm³/mol. The quantitative estimate of drug-likeness (QED) is 0.821. The molecule has 0 bridgehead atoms. The van der Waals surface area contributed by atoms with Gasteiger partial charge in [0.15, 0.2) is 0 Å². The summed E-state index contributed by atoms with van der Waals surface area (Å²) in [6.45, 7) is 0.809. The zero-order valence-corrected chi connectivity index (χ0v) is 12.2. The van der Waals surface area contributed by atoms with Gasteiger partial charge in [-0.15, -0.1) is 0 Å². The Morgan fingerprint density at radius 2 is 1.89 bits per heavy atom. The number of carbonyl (C=O) groups is 1. The molecule has 1 fully saturated rings. The molecule has 0 aliphatic heterocycles. The molecule has 1 saturated carbocycles. The molecule has 1 aromatic rings. The average molecular weight is 310 g/mol. The number of hydrogen-bond donors (Lipinski definition) is 1. The third-order valence-corrected chi connectivity index (χ3v) is 4.33. The minimum Gasteiger partial charge on any atom is -0.352 e. The molecule has 1 amide bonds. The van der Waals surface area contributed by atoms with E-state index in [1.54, 1.807) is 0 Å². The zero-order chi connectivity index (χ0) is 12.8. The third kappa shape index (κ3) is 3.84. The number of nitrogens with one attached hydrogen (secondary N) is 1. The van der Waals surface area contributed by atoms with Gasteiger partial charge in [0.05, 0.1) is 0 Å². The highest BCUT2D eigenvalue weighted by molar-refractivity contribution is 9.08. The van der Waals surface area contributed by atoms with Crippen molar-refractivity contribution in [2.45, 2.75) is 37.4 Å². The maximum atomic E-state index is 11.9. The fourth-order valence-electron chi connectivity index (χ4n) is 2.54. The second kappa shape index (κ2) is 6.93. The van der Waals surface area contributed by atoms with Gasteiger partial charge in [-0.25, -0.2) is 0 Å². The molecule has 1 aromatic carbocycles. The average Bonchev–Trinajstić information content (AvgIpc) is 2.92. The van der Waals surface area contributed by atoms with Gasteiger partial charge in [0.25, 0.3) is 5.91 Å². The zero-order valence-electron chi connectivity index (χ0n) is 10.6. The standard InChI is InChI=1S/C15H20BrNO/c16-11-13-5-7-14(8-6-13)15(18)17-10-9-12-3-1-2-4-12/h5-8,12H,1-4,9-11H2,(H,17,18). The van der Waals surface area contributed by atoms with Crippen LogP contribution >= 0.6 is 15.9 Å². The van der Waals surface area contributed by atoms with Crippen LogP contribution in [0, 0.1) is 5.92 Å². The van der Waals surface area contributed by atoms with Crippen LogP contribution in [0.25, 0.3) is 0 Å². The molecule has 0 heterocycles. The maximum absolute atomic E-state index is 11.9. The lowest BCUT2D eigenvalue weighted by atomic mass is 10.0. The van der Waals surface area contributed by atoms with Gasteiger partial charge in [-0.3, -0.25) is 4.79 Å². The molecule has 1 aliphatic carbocycles. The Morgan fingerprint density at radius 3 is 2.50 bits per heavy atom. The molecular formula is C15H20BrNO. The van der Waals surface area contributed by atoms with E-state index in [1.165, 1.54) is 31.2 Å². The molecule has 0 unspecified atom stereocenters. The number of benzene rings is 1. The molecule has 98 valence electrons. The second-order valence-electron chi connectivity index (χ2n) is 5.03. The number of rotatable bonds is 5. The highest BCUT2D eigenvalue weighted by Crippen LogP contribution is 2.26. The van der Waals surface area contributed by atoms with Gasteiger partial charge in [-0.2, -0.15) is 0 Å². The summed E-state index contributed by atoms with van der Waals surface area (Å²) in [4.78, 5) is 11.9. The van der Waals surface area contributed by atoms with Crippen LogP contribution < -0.4 is 5.32 Å². The van der Waals surface area contributed by atoms with Gasteiger partial charge in [0.2, 0.25) is 0 Å². The summed E-state index contributed by atoms with van der Waals surface area (Å²) in [6.07, 6.45) is 6.55. The molecule has 2 nitrogen and oxygen atoms in total. The predicted octanol–water partition coefficient (Wildman–Crippen LogP) is 3.89. The van der Waals surface area contributed by atoms with E-state index in [0.29, 0.717) is 0 Å². The normalized spacial score (nSPS) is 15.8. The molecule has 0 saturated heterocycles. The van der Waals surface area contributed by atoms with Crippen LogP contribution in [0.15, 0.2) is 24.3 Å². The lowest BCUT2D eigenvalue weighted by Gasteiger charge is -2.10. The topological polar surface area (TPSA) is 29.1 Å². The fourth-order valence-corrected chi connectivity index (χ4v) is 2.91. The highest BCUT2D eigenvalue weighted by Gasteiger charge is 2.14. The van der Waals surface area contributed by atoms with E-state index < -0.39 is 0 Å². The lowest BCUT2D eigenvalue weighted by Crippen LogP contribution is -2.25. The molecule has 1 aliphatic rings. The Kier molecular flexibility index (Phi) is 5.24. The van der Waals surface area contributed by atoms with Gasteiger partial charge in [-0.05, 0) is 30.0 Å². The number of halogens is 1. The van der Waals surface area contributed by atoms with Crippen molar-refractivity contribution >= 4 is 21.8 Å². The summed E-state index contributed by atoms with van der Waals surface area (Å²) in [6, 6.07) is 7.75. The van der Waals surface area contributed by atoms with E-state index in [1.807, 2.05) is 24.3 Å². The lowest BCUT2D eigenvalue weighted by molar-refractivity contribution is 0.0951. The van der Waals surface area contributed by atoms with Crippen LogP contribution in [0.1, 0.15) is 48.0 Å². The van der Waals surface area contributed by atoms with Crippen LogP contribution in [0.4, 0.5) is 0 Å². The first-order valence-electron chi connectivity index (χ1n) is 6.72. The molecule has 3 heteroatoms. The monoisotopic (exact) mass is 309 g/mol. The Bertz CT molecular complexity index is 382. The van der Waals surface area contributed by atoms with Crippen LogP contribution in [0.5, 0.6) is 0 Å². The highest BCUT2D eigenvalue weighted by atomic mass is 79.9. The van der Waals surface area contributed by atoms with Crippen LogP contribution in [-0.2, 0) is 5.33 Å². The van der Waals surface area contributed by atoms with Crippen molar-refractivity contribution in [2.24, 2.45) is 5.92 Å². The van der Waals surface area contributed by atoms with Crippen molar-refractivity contribution < 1.29 is 4.79 Å². The van der Waals surface area contributed by atoms with Crippen molar-refractivity contribution in [3.05, 3.63) is 35.4 Å². The number of amides is 1. The number of carbonyl (C=O) groups excluding carboxylic acids is 1. The van der Waals surface area contributed by atoms with Crippen LogP contribution in [0.3, 0.4) is 0 Å². The van der Waals surface area contributed by atoms with Gasteiger partial charge in [-0.1, -0.05) is 53.7 Å². The Labute approximate surface area is 117 Å². The summed E-state index contributed by atoms with van der Waals surface area (Å²) in [5.41, 5.74) is 1.95. The van der Waals surface area contributed by atoms with E-state index in [-0.39, 0.29) is 5.91 Å². The van der Waals surface area contributed by atoms with Crippen LogP contribution in [0.2, 0.25) is 0 Å². The van der Waals surface area contributed by atoms with E-state index in [0.717, 1.165) is 29.8 Å². The summed E-state index contributed by atoms with van der Waals surface area (Å²) >= 11 is 3.40. The number of hydrogen-bond acceptors (Lipinski definition) is 1. The Balaban J connectivity index is 1.76. The van der Waals surface area contributed by atoms with Crippen molar-refractivity contribution in [2.75, 3.05) is 6.54 Å². The maximum Gasteiger partial charge on any atom is 0.251 e. The van der Waals surface area contributed by atoms with E-state index in [9.17, 15) is 4.79 Å². The number of alkyl halides is 1. The van der Waals surface area contributed by atoms with Crippen molar-refractivity contribution in [3.63, 3.8) is 0 Å². The second-order valence-corrected chi connectivity index (χ2v) is 5.59. The third-order valence-electron chi connectivity index (χ3n) is 3.68. The Hall–Kier alpha value is -0.830. The van der Waals surface area contributed by atoms with Gasteiger partial charge in [0.1, 0.15) is 0 Å². The summed E-state index contributed by atoms with van der Waals surface area (Å²) in [5.74, 6) is 0.884. The molecule has 0 radical (unpaired) electrons. The van der Waals surface area contributed by atoms with Crippen molar-refractivity contribution in [3.8, 4) is 0 Å². The van der Waals surface area contributed by atoms with Crippen molar-refractivity contribution in [1.29, 1.82) is 0 Å². The van der Waals surface area contributed by atoms with E-state index in [4.69, 9.17) is 0 Å². The van der Waals surface area contributed by atoms with Crippen molar-refractivity contribution in [1.82, 2.24) is 5.32 Å². The summed E-state index contributed by atoms with van der Waals surface area (Å²) in [5, 5.41) is 3.84. The molecule has 0 spiro atoms.